The highest BCUT2D eigenvalue weighted by atomic mass is 35.5. The standard InChI is InChI=1S/C15H19Cl2NO2/c1-18(13-4-2-3-5-14(13)19)9-15(20)11-7-6-10(16)8-12(11)17/h6-8,13-14,19H,2-5,9H2,1H3. The topological polar surface area (TPSA) is 40.5 Å². The Bertz CT molecular complexity index is 493. The van der Waals surface area contributed by atoms with Gasteiger partial charge in [0.15, 0.2) is 5.78 Å². The third-order valence-electron chi connectivity index (χ3n) is 3.88. The highest BCUT2D eigenvalue weighted by molar-refractivity contribution is 6.36. The molecule has 0 amide bonds. The third kappa shape index (κ3) is 3.73. The predicted molar refractivity (Wildman–Crippen MR) is 81.7 cm³/mol. The number of benzene rings is 1. The van der Waals surface area contributed by atoms with Crippen LogP contribution in [-0.2, 0) is 0 Å². The van der Waals surface area contributed by atoms with Crippen LogP contribution < -0.4 is 0 Å². The van der Waals surface area contributed by atoms with Crippen LogP contribution in [0.1, 0.15) is 36.0 Å². The molecule has 110 valence electrons. The van der Waals surface area contributed by atoms with Crippen LogP contribution in [0.2, 0.25) is 10.0 Å². The van der Waals surface area contributed by atoms with Crippen molar-refractivity contribution in [2.75, 3.05) is 13.6 Å². The second kappa shape index (κ2) is 6.90. The zero-order valence-electron chi connectivity index (χ0n) is 11.5. The van der Waals surface area contributed by atoms with Gasteiger partial charge in [-0.15, -0.1) is 0 Å². The fourth-order valence-corrected chi connectivity index (χ4v) is 3.26. The second-order valence-electron chi connectivity index (χ2n) is 5.38. The maximum absolute atomic E-state index is 12.3. The van der Waals surface area contributed by atoms with Crippen molar-refractivity contribution in [2.24, 2.45) is 0 Å². The molecule has 1 aliphatic rings. The first-order valence-corrected chi connectivity index (χ1v) is 7.61. The van der Waals surface area contributed by atoms with Crippen molar-refractivity contribution < 1.29 is 9.90 Å². The lowest BCUT2D eigenvalue weighted by atomic mass is 9.91. The Kier molecular flexibility index (Phi) is 5.44. The number of aliphatic hydroxyl groups is 1. The molecule has 0 heterocycles. The van der Waals surface area contributed by atoms with Gasteiger partial charge in [-0.3, -0.25) is 9.69 Å². The Hall–Kier alpha value is -0.610. The monoisotopic (exact) mass is 315 g/mol. The number of carbonyl (C=O) groups is 1. The molecule has 0 radical (unpaired) electrons. The van der Waals surface area contributed by atoms with Gasteiger partial charge in [0.1, 0.15) is 0 Å². The minimum absolute atomic E-state index is 0.0491. The van der Waals surface area contributed by atoms with Crippen molar-refractivity contribution in [1.82, 2.24) is 4.90 Å². The van der Waals surface area contributed by atoms with Gasteiger partial charge in [-0.25, -0.2) is 0 Å². The molecular weight excluding hydrogens is 297 g/mol. The minimum atomic E-state index is -0.345. The van der Waals surface area contributed by atoms with E-state index in [1.165, 1.54) is 0 Å². The van der Waals surface area contributed by atoms with Crippen LogP contribution in [0.15, 0.2) is 18.2 Å². The number of halogens is 2. The van der Waals surface area contributed by atoms with E-state index in [1.807, 2.05) is 11.9 Å². The van der Waals surface area contributed by atoms with Crippen molar-refractivity contribution in [3.63, 3.8) is 0 Å². The summed E-state index contributed by atoms with van der Waals surface area (Å²) in [4.78, 5) is 14.2. The number of hydrogen-bond donors (Lipinski definition) is 1. The molecule has 20 heavy (non-hydrogen) atoms. The molecule has 1 saturated carbocycles. The van der Waals surface area contributed by atoms with Gasteiger partial charge in [0.2, 0.25) is 0 Å². The van der Waals surface area contributed by atoms with Crippen LogP contribution in [0.5, 0.6) is 0 Å². The molecule has 1 aliphatic carbocycles. The van der Waals surface area contributed by atoms with E-state index < -0.39 is 0 Å². The molecular formula is C15H19Cl2NO2. The summed E-state index contributed by atoms with van der Waals surface area (Å²) < 4.78 is 0. The normalized spacial score (nSPS) is 23.1. The molecule has 1 fully saturated rings. The Balaban J connectivity index is 2.03. The summed E-state index contributed by atoms with van der Waals surface area (Å²) in [5, 5.41) is 10.9. The Labute approximate surface area is 129 Å². The highest BCUT2D eigenvalue weighted by Crippen LogP contribution is 2.24. The molecule has 0 saturated heterocycles. The number of likely N-dealkylation sites (N-methyl/N-ethyl adjacent to an activating group) is 1. The van der Waals surface area contributed by atoms with Gasteiger partial charge in [-0.2, -0.15) is 0 Å². The first-order valence-electron chi connectivity index (χ1n) is 6.85. The molecule has 2 rings (SSSR count). The maximum Gasteiger partial charge on any atom is 0.178 e. The number of rotatable bonds is 4. The number of carbonyl (C=O) groups excluding carboxylic acids is 1. The van der Waals surface area contributed by atoms with Crippen LogP contribution in [-0.4, -0.2) is 41.5 Å². The second-order valence-corrected chi connectivity index (χ2v) is 6.23. The Morgan fingerprint density at radius 1 is 1.35 bits per heavy atom. The summed E-state index contributed by atoms with van der Waals surface area (Å²) in [6.45, 7) is 0.253. The summed E-state index contributed by atoms with van der Waals surface area (Å²) in [5.74, 6) is -0.0491. The molecule has 2 unspecified atom stereocenters. The van der Waals surface area contributed by atoms with Gasteiger partial charge < -0.3 is 5.11 Å². The first kappa shape index (κ1) is 15.8. The molecule has 0 aromatic heterocycles. The summed E-state index contributed by atoms with van der Waals surface area (Å²) in [6.07, 6.45) is 3.55. The van der Waals surface area contributed by atoms with Gasteiger partial charge in [0, 0.05) is 16.6 Å². The Morgan fingerprint density at radius 3 is 2.70 bits per heavy atom. The zero-order chi connectivity index (χ0) is 14.7. The van der Waals surface area contributed by atoms with E-state index in [4.69, 9.17) is 23.2 Å². The quantitative estimate of drug-likeness (QED) is 0.866. The van der Waals surface area contributed by atoms with Crippen LogP contribution in [0.25, 0.3) is 0 Å². The van der Waals surface area contributed by atoms with Crippen molar-refractivity contribution >= 4 is 29.0 Å². The van der Waals surface area contributed by atoms with Crippen molar-refractivity contribution in [3.05, 3.63) is 33.8 Å². The fourth-order valence-electron chi connectivity index (χ4n) is 2.75. The van der Waals surface area contributed by atoms with Gasteiger partial charge in [0.05, 0.1) is 17.7 Å². The van der Waals surface area contributed by atoms with Crippen molar-refractivity contribution in [2.45, 2.75) is 37.8 Å². The molecule has 3 nitrogen and oxygen atoms in total. The van der Waals surface area contributed by atoms with E-state index in [0.717, 1.165) is 25.7 Å². The third-order valence-corrected chi connectivity index (χ3v) is 4.43. The van der Waals surface area contributed by atoms with E-state index in [0.29, 0.717) is 15.6 Å². The number of nitrogens with zero attached hydrogens (tertiary/aromatic N) is 1. The van der Waals surface area contributed by atoms with Crippen LogP contribution in [0, 0.1) is 0 Å². The largest absolute Gasteiger partial charge is 0.391 e. The maximum atomic E-state index is 12.3. The lowest BCUT2D eigenvalue weighted by Gasteiger charge is -2.34. The van der Waals surface area contributed by atoms with Crippen molar-refractivity contribution in [1.29, 1.82) is 0 Å². The lowest BCUT2D eigenvalue weighted by Crippen LogP contribution is -2.45. The molecule has 1 aromatic carbocycles. The summed E-state index contributed by atoms with van der Waals surface area (Å²) >= 11 is 11.9. The van der Waals surface area contributed by atoms with E-state index in [2.05, 4.69) is 0 Å². The predicted octanol–water partition coefficient (Wildman–Crippen LogP) is 3.41. The summed E-state index contributed by atoms with van der Waals surface area (Å²) in [5.41, 5.74) is 0.480. The zero-order valence-corrected chi connectivity index (χ0v) is 13.0. The molecule has 0 spiro atoms. The smallest absolute Gasteiger partial charge is 0.178 e. The van der Waals surface area contributed by atoms with Crippen molar-refractivity contribution in [3.8, 4) is 0 Å². The average molecular weight is 316 g/mol. The van der Waals surface area contributed by atoms with Gasteiger partial charge >= 0.3 is 0 Å². The Morgan fingerprint density at radius 2 is 2.05 bits per heavy atom. The molecule has 0 bridgehead atoms. The van der Waals surface area contributed by atoms with E-state index in [1.54, 1.807) is 18.2 Å². The van der Waals surface area contributed by atoms with Crippen LogP contribution in [0.3, 0.4) is 0 Å². The van der Waals surface area contributed by atoms with Gasteiger partial charge in [-0.1, -0.05) is 36.0 Å². The van der Waals surface area contributed by atoms with Gasteiger partial charge in [0.25, 0.3) is 0 Å². The molecule has 2 atom stereocenters. The van der Waals surface area contributed by atoms with Gasteiger partial charge in [-0.05, 0) is 38.1 Å². The summed E-state index contributed by atoms with van der Waals surface area (Å²) in [7, 11) is 1.88. The van der Waals surface area contributed by atoms with E-state index >= 15 is 0 Å². The molecule has 5 heteroatoms. The lowest BCUT2D eigenvalue weighted by molar-refractivity contribution is 0.0322. The fraction of sp³-hybridized carbons (Fsp3) is 0.533. The van der Waals surface area contributed by atoms with Crippen LogP contribution in [0.4, 0.5) is 0 Å². The number of ketones is 1. The average Bonchev–Trinajstić information content (AvgIpc) is 2.38. The van der Waals surface area contributed by atoms with Crippen LogP contribution >= 0.6 is 23.2 Å². The van der Waals surface area contributed by atoms with E-state index in [9.17, 15) is 9.90 Å². The first-order chi connectivity index (χ1) is 9.49. The highest BCUT2D eigenvalue weighted by Gasteiger charge is 2.28. The SMILES string of the molecule is CN(CC(=O)c1ccc(Cl)cc1Cl)C1CCCCC1O. The van der Waals surface area contributed by atoms with E-state index in [-0.39, 0.29) is 24.5 Å². The number of aliphatic hydroxyl groups excluding tert-OH is 1. The number of hydrogen-bond acceptors (Lipinski definition) is 3. The minimum Gasteiger partial charge on any atom is -0.391 e. The summed E-state index contributed by atoms with van der Waals surface area (Å²) in [6, 6.07) is 4.94. The number of Topliss-reactive ketones (excluding diaryl/α,β-unsaturated/α-hetero) is 1. The molecule has 1 N–H and O–H groups in total. The molecule has 0 aliphatic heterocycles. The molecule has 1 aromatic rings.